The van der Waals surface area contributed by atoms with E-state index in [1.807, 2.05) is 0 Å². The number of hydrogen-bond acceptors (Lipinski definition) is 1. The average molecular weight is 171 g/mol. The Kier molecular flexibility index (Phi) is 5.56. The van der Waals surface area contributed by atoms with Gasteiger partial charge in [-0.15, -0.1) is 0 Å². The lowest BCUT2D eigenvalue weighted by Crippen LogP contribution is -2.19. The van der Waals surface area contributed by atoms with Crippen molar-refractivity contribution in [2.75, 3.05) is 0 Å². The van der Waals surface area contributed by atoms with E-state index in [0.29, 0.717) is 11.5 Å². The first-order valence-electron chi connectivity index (χ1n) is 5.27. The molecule has 0 aromatic rings. The third-order valence-corrected chi connectivity index (χ3v) is 2.91. The molecule has 0 bridgehead atoms. The largest absolute Gasteiger partial charge is 0.328 e. The summed E-state index contributed by atoms with van der Waals surface area (Å²) in [5, 5.41) is 0. The van der Waals surface area contributed by atoms with Gasteiger partial charge in [0.2, 0.25) is 0 Å². The molecule has 1 heteroatoms. The van der Waals surface area contributed by atoms with Gasteiger partial charge in [-0.05, 0) is 24.7 Å². The van der Waals surface area contributed by atoms with Crippen LogP contribution in [0.25, 0.3) is 0 Å². The molecule has 0 heterocycles. The second-order valence-electron chi connectivity index (χ2n) is 4.58. The van der Waals surface area contributed by atoms with Crippen molar-refractivity contribution < 1.29 is 0 Å². The molecule has 1 nitrogen and oxygen atoms in total. The molecular formula is C11H25N. The minimum Gasteiger partial charge on any atom is -0.328 e. The average Bonchev–Trinajstić information content (AvgIpc) is 2.04. The van der Waals surface area contributed by atoms with E-state index in [2.05, 4.69) is 27.7 Å². The summed E-state index contributed by atoms with van der Waals surface area (Å²) in [5.74, 6) is 0. The van der Waals surface area contributed by atoms with Gasteiger partial charge in [0.05, 0.1) is 0 Å². The van der Waals surface area contributed by atoms with E-state index in [9.17, 15) is 0 Å². The quantitative estimate of drug-likeness (QED) is 0.652. The Morgan fingerprint density at radius 3 is 2.25 bits per heavy atom. The number of nitrogens with two attached hydrogens (primary N) is 1. The Hall–Kier alpha value is -0.0400. The normalized spacial score (nSPS) is 14.8. The van der Waals surface area contributed by atoms with Gasteiger partial charge in [-0.3, -0.25) is 0 Å². The van der Waals surface area contributed by atoms with Crippen LogP contribution in [0, 0.1) is 5.41 Å². The molecule has 0 saturated heterocycles. The Bertz CT molecular complexity index is 108. The molecular weight excluding hydrogens is 146 g/mol. The van der Waals surface area contributed by atoms with Crippen molar-refractivity contribution in [1.29, 1.82) is 0 Å². The Balaban J connectivity index is 3.42. The monoisotopic (exact) mass is 171 g/mol. The lowest BCUT2D eigenvalue weighted by Gasteiger charge is -2.22. The topological polar surface area (TPSA) is 26.0 Å². The van der Waals surface area contributed by atoms with Gasteiger partial charge < -0.3 is 5.73 Å². The molecule has 0 amide bonds. The molecule has 0 aliphatic carbocycles. The van der Waals surface area contributed by atoms with Crippen LogP contribution in [-0.4, -0.2) is 6.04 Å². The molecule has 74 valence electrons. The molecule has 0 aromatic carbocycles. The molecule has 0 unspecified atom stereocenters. The maximum atomic E-state index is 5.84. The van der Waals surface area contributed by atoms with Crippen LogP contribution in [0.2, 0.25) is 0 Å². The molecule has 2 N–H and O–H groups in total. The summed E-state index contributed by atoms with van der Waals surface area (Å²) in [5.41, 5.74) is 6.37. The van der Waals surface area contributed by atoms with E-state index in [-0.39, 0.29) is 0 Å². The highest BCUT2D eigenvalue weighted by molar-refractivity contribution is 4.68. The van der Waals surface area contributed by atoms with Crippen LogP contribution in [0.1, 0.15) is 59.8 Å². The van der Waals surface area contributed by atoms with E-state index in [1.54, 1.807) is 0 Å². The van der Waals surface area contributed by atoms with Crippen molar-refractivity contribution in [2.45, 2.75) is 65.8 Å². The molecule has 0 aromatic heterocycles. The number of hydrogen-bond donors (Lipinski definition) is 1. The first-order chi connectivity index (χ1) is 5.52. The van der Waals surface area contributed by atoms with Crippen molar-refractivity contribution in [3.8, 4) is 0 Å². The highest BCUT2D eigenvalue weighted by atomic mass is 14.6. The summed E-state index contributed by atoms with van der Waals surface area (Å²) in [6.07, 6.45) is 6.19. The molecule has 0 spiro atoms. The lowest BCUT2D eigenvalue weighted by atomic mass is 9.84. The maximum Gasteiger partial charge on any atom is 0.00362 e. The van der Waals surface area contributed by atoms with Gasteiger partial charge >= 0.3 is 0 Å². The minimum atomic E-state index is 0.428. The first-order valence-corrected chi connectivity index (χ1v) is 5.27. The predicted octanol–water partition coefficient (Wildman–Crippen LogP) is 3.33. The molecule has 12 heavy (non-hydrogen) atoms. The second kappa shape index (κ2) is 5.58. The van der Waals surface area contributed by atoms with Gasteiger partial charge in [-0.2, -0.15) is 0 Å². The molecule has 0 radical (unpaired) electrons. The summed E-state index contributed by atoms with van der Waals surface area (Å²) in [4.78, 5) is 0. The zero-order valence-corrected chi connectivity index (χ0v) is 9.19. The summed E-state index contributed by atoms with van der Waals surface area (Å²) in [7, 11) is 0. The molecule has 0 fully saturated rings. The van der Waals surface area contributed by atoms with Gasteiger partial charge in [0.1, 0.15) is 0 Å². The molecule has 0 aliphatic rings. The van der Waals surface area contributed by atoms with Gasteiger partial charge in [0.15, 0.2) is 0 Å². The van der Waals surface area contributed by atoms with E-state index in [1.165, 1.54) is 25.7 Å². The van der Waals surface area contributed by atoms with Crippen molar-refractivity contribution in [3.63, 3.8) is 0 Å². The predicted molar refractivity (Wildman–Crippen MR) is 56.2 cm³/mol. The summed E-state index contributed by atoms with van der Waals surface area (Å²) in [6.45, 7) is 9.10. The van der Waals surface area contributed by atoms with Crippen LogP contribution >= 0.6 is 0 Å². The zero-order valence-electron chi connectivity index (χ0n) is 9.19. The highest BCUT2D eigenvalue weighted by Gasteiger charge is 2.14. The summed E-state index contributed by atoms with van der Waals surface area (Å²) < 4.78 is 0. The second-order valence-corrected chi connectivity index (χ2v) is 4.58. The van der Waals surface area contributed by atoms with Gasteiger partial charge in [0.25, 0.3) is 0 Å². The van der Waals surface area contributed by atoms with E-state index < -0.39 is 0 Å². The Labute approximate surface area is 77.7 Å². The van der Waals surface area contributed by atoms with Crippen molar-refractivity contribution >= 4 is 0 Å². The minimum absolute atomic E-state index is 0.428. The van der Waals surface area contributed by atoms with E-state index >= 15 is 0 Å². The maximum absolute atomic E-state index is 5.84. The van der Waals surface area contributed by atoms with Crippen LogP contribution in [0.15, 0.2) is 0 Å². The molecule has 1 atom stereocenters. The fraction of sp³-hybridized carbons (Fsp3) is 1.00. The fourth-order valence-electron chi connectivity index (χ4n) is 1.22. The Morgan fingerprint density at radius 1 is 1.25 bits per heavy atom. The van der Waals surface area contributed by atoms with Gasteiger partial charge in [0, 0.05) is 6.04 Å². The van der Waals surface area contributed by atoms with Crippen LogP contribution in [0.4, 0.5) is 0 Å². The molecule has 0 saturated carbocycles. The van der Waals surface area contributed by atoms with Crippen LogP contribution in [0.3, 0.4) is 0 Å². The van der Waals surface area contributed by atoms with Crippen molar-refractivity contribution in [1.82, 2.24) is 0 Å². The standard InChI is InChI=1S/C11H25N/c1-5-10(12)8-7-9-11(3,4)6-2/h10H,5-9,12H2,1-4H3/t10-/m0/s1. The van der Waals surface area contributed by atoms with Crippen molar-refractivity contribution in [2.24, 2.45) is 11.1 Å². The third-order valence-electron chi connectivity index (χ3n) is 2.91. The fourth-order valence-corrected chi connectivity index (χ4v) is 1.22. The van der Waals surface area contributed by atoms with Gasteiger partial charge in [-0.25, -0.2) is 0 Å². The zero-order chi connectivity index (χ0) is 9.61. The highest BCUT2D eigenvalue weighted by Crippen LogP contribution is 2.26. The van der Waals surface area contributed by atoms with Crippen LogP contribution in [-0.2, 0) is 0 Å². The number of rotatable bonds is 6. The van der Waals surface area contributed by atoms with Crippen LogP contribution in [0.5, 0.6) is 0 Å². The van der Waals surface area contributed by atoms with Crippen molar-refractivity contribution in [3.05, 3.63) is 0 Å². The van der Waals surface area contributed by atoms with E-state index in [0.717, 1.165) is 6.42 Å². The first kappa shape index (κ1) is 12.0. The van der Waals surface area contributed by atoms with E-state index in [4.69, 9.17) is 5.73 Å². The van der Waals surface area contributed by atoms with Gasteiger partial charge in [-0.1, -0.05) is 40.5 Å². The SMILES string of the molecule is CC[C@H](N)CCCC(C)(C)CC. The smallest absolute Gasteiger partial charge is 0.00362 e. The summed E-state index contributed by atoms with van der Waals surface area (Å²) in [6, 6.07) is 0.428. The van der Waals surface area contributed by atoms with Crippen LogP contribution < -0.4 is 5.73 Å². The molecule has 0 rings (SSSR count). The molecule has 0 aliphatic heterocycles. The Morgan fingerprint density at radius 2 is 1.83 bits per heavy atom. The lowest BCUT2D eigenvalue weighted by molar-refractivity contribution is 0.304. The summed E-state index contributed by atoms with van der Waals surface area (Å²) >= 11 is 0. The third kappa shape index (κ3) is 5.59.